The van der Waals surface area contributed by atoms with Crippen LogP contribution in [0.25, 0.3) is 0 Å². The highest BCUT2D eigenvalue weighted by Crippen LogP contribution is 2.59. The van der Waals surface area contributed by atoms with Crippen molar-refractivity contribution in [2.45, 2.75) is 27.2 Å². The van der Waals surface area contributed by atoms with Crippen LogP contribution in [0.15, 0.2) is 11.9 Å². The third-order valence-electron chi connectivity index (χ3n) is 3.12. The summed E-state index contributed by atoms with van der Waals surface area (Å²) in [5, 5.41) is 10.7. The van der Waals surface area contributed by atoms with Gasteiger partial charge < -0.3 is 14.6 Å². The number of hydrogen-bond acceptors (Lipinski definition) is 4. The number of carbonyl (C=O) groups is 2. The Morgan fingerprint density at radius 1 is 1.47 bits per heavy atom. The van der Waals surface area contributed by atoms with Crippen molar-refractivity contribution in [3.8, 4) is 0 Å². The minimum atomic E-state index is -1.22. The lowest BCUT2D eigenvalue weighted by molar-refractivity contribution is -0.309. The minimum absolute atomic E-state index is 0.151. The van der Waals surface area contributed by atoms with E-state index in [-0.39, 0.29) is 6.61 Å². The first-order valence-electron chi connectivity index (χ1n) is 5.57. The second-order valence-electron chi connectivity index (χ2n) is 4.79. The molecule has 96 valence electrons. The zero-order chi connectivity index (χ0) is 13.2. The summed E-state index contributed by atoms with van der Waals surface area (Å²) in [5.41, 5.74) is -0.568. The fourth-order valence-electron chi connectivity index (χ4n) is 1.93. The molecule has 0 saturated heterocycles. The van der Waals surface area contributed by atoms with E-state index >= 15 is 0 Å². The Bertz CT molecular complexity index is 360. The van der Waals surface area contributed by atoms with E-state index in [0.717, 1.165) is 6.08 Å². The van der Waals surface area contributed by atoms with Gasteiger partial charge in [0.1, 0.15) is 0 Å². The van der Waals surface area contributed by atoms with Crippen LogP contribution >= 0.6 is 0 Å². The summed E-state index contributed by atoms with van der Waals surface area (Å²) in [6.45, 7) is 5.33. The van der Waals surface area contributed by atoms with Gasteiger partial charge >= 0.3 is 5.97 Å². The lowest BCUT2D eigenvalue weighted by atomic mass is 10.1. The van der Waals surface area contributed by atoms with Gasteiger partial charge in [0.05, 0.1) is 6.61 Å². The molecule has 0 aromatic carbocycles. The van der Waals surface area contributed by atoms with Crippen molar-refractivity contribution in [3.05, 3.63) is 11.9 Å². The normalized spacial score (nSPS) is 26.5. The predicted octanol–water partition coefficient (Wildman–Crippen LogP) is 0.815. The number of esters is 1. The van der Waals surface area contributed by atoms with Crippen molar-refractivity contribution >= 4 is 11.9 Å². The number of ether oxygens (including phenoxy) is 1. The van der Waals surface area contributed by atoms with Crippen LogP contribution in [0.5, 0.6) is 0 Å². The van der Waals surface area contributed by atoms with Gasteiger partial charge in [0.15, 0.2) is 0 Å². The van der Waals surface area contributed by atoms with Gasteiger partial charge in [-0.3, -0.25) is 0 Å². The van der Waals surface area contributed by atoms with E-state index in [9.17, 15) is 19.1 Å². The fourth-order valence-corrected chi connectivity index (χ4v) is 1.93. The van der Waals surface area contributed by atoms with Crippen molar-refractivity contribution in [3.63, 3.8) is 0 Å². The molecule has 1 rings (SSSR count). The topological polar surface area (TPSA) is 66.4 Å². The third kappa shape index (κ3) is 2.84. The summed E-state index contributed by atoms with van der Waals surface area (Å²) in [7, 11) is 0. The van der Waals surface area contributed by atoms with Gasteiger partial charge in [0.25, 0.3) is 0 Å². The standard InChI is InChI=1S/C12H17FO4/c1-4-5-17-11(16)8(13)6-7-9(10(14)15)12(7,2)3/h6-7,9H,4-5H2,1-3H3,(H,14,15)/p-1/b8-6+. The smallest absolute Gasteiger partial charge is 0.366 e. The summed E-state index contributed by atoms with van der Waals surface area (Å²) in [6.07, 6.45) is 1.63. The third-order valence-corrected chi connectivity index (χ3v) is 3.12. The maximum Gasteiger partial charge on any atom is 0.366 e. The zero-order valence-corrected chi connectivity index (χ0v) is 10.2. The van der Waals surface area contributed by atoms with Crippen molar-refractivity contribution in [1.29, 1.82) is 0 Å². The average molecular weight is 243 g/mol. The molecule has 1 aliphatic carbocycles. The Kier molecular flexibility index (Phi) is 3.91. The van der Waals surface area contributed by atoms with Crippen LogP contribution in [0.1, 0.15) is 27.2 Å². The first-order chi connectivity index (χ1) is 7.82. The minimum Gasteiger partial charge on any atom is -0.550 e. The highest BCUT2D eigenvalue weighted by Gasteiger charge is 2.57. The van der Waals surface area contributed by atoms with E-state index in [2.05, 4.69) is 4.74 Å². The molecule has 1 saturated carbocycles. The van der Waals surface area contributed by atoms with E-state index < -0.39 is 35.0 Å². The first kappa shape index (κ1) is 13.7. The molecule has 4 nitrogen and oxygen atoms in total. The van der Waals surface area contributed by atoms with Gasteiger partial charge in [-0.15, -0.1) is 0 Å². The molecule has 0 aromatic heterocycles. The molecular weight excluding hydrogens is 227 g/mol. The largest absolute Gasteiger partial charge is 0.550 e. The fraction of sp³-hybridized carbons (Fsp3) is 0.667. The molecule has 5 heteroatoms. The second kappa shape index (κ2) is 4.85. The highest BCUT2D eigenvalue weighted by molar-refractivity contribution is 5.86. The molecule has 0 spiro atoms. The Morgan fingerprint density at radius 3 is 2.47 bits per heavy atom. The van der Waals surface area contributed by atoms with Crippen LogP contribution < -0.4 is 5.11 Å². The van der Waals surface area contributed by atoms with E-state index in [1.807, 2.05) is 0 Å². The van der Waals surface area contributed by atoms with Crippen molar-refractivity contribution in [2.75, 3.05) is 6.61 Å². The lowest BCUT2D eigenvalue weighted by Crippen LogP contribution is -2.26. The maximum atomic E-state index is 13.4. The molecule has 0 bridgehead atoms. The summed E-state index contributed by atoms with van der Waals surface area (Å²) in [5.74, 6) is -4.54. The van der Waals surface area contributed by atoms with Gasteiger partial charge in [-0.2, -0.15) is 4.39 Å². The molecule has 0 N–H and O–H groups in total. The molecule has 17 heavy (non-hydrogen) atoms. The molecule has 2 unspecified atom stereocenters. The quantitative estimate of drug-likeness (QED) is 0.529. The molecule has 0 heterocycles. The molecule has 2 atom stereocenters. The van der Waals surface area contributed by atoms with Crippen LogP contribution in [-0.4, -0.2) is 18.5 Å². The molecule has 0 aromatic rings. The molecule has 1 aliphatic rings. The average Bonchev–Trinajstić information content (AvgIpc) is 2.76. The van der Waals surface area contributed by atoms with Gasteiger partial charge in [0.2, 0.25) is 5.83 Å². The molecule has 0 aliphatic heterocycles. The van der Waals surface area contributed by atoms with Crippen LogP contribution in [-0.2, 0) is 14.3 Å². The molecule has 1 fully saturated rings. The van der Waals surface area contributed by atoms with E-state index in [1.54, 1.807) is 20.8 Å². The van der Waals surface area contributed by atoms with Crippen molar-refractivity contribution in [2.24, 2.45) is 17.3 Å². The Hall–Kier alpha value is -1.39. The molecular formula is C12H16FO4-. The first-order valence-corrected chi connectivity index (χ1v) is 5.57. The van der Waals surface area contributed by atoms with E-state index in [4.69, 9.17) is 0 Å². The Balaban J connectivity index is 2.65. The SMILES string of the molecule is CCCOC(=O)/C(F)=C\C1C(C(=O)[O-])C1(C)C. The summed E-state index contributed by atoms with van der Waals surface area (Å²) in [4.78, 5) is 21.9. The van der Waals surface area contributed by atoms with Crippen LogP contribution in [0.3, 0.4) is 0 Å². The zero-order valence-electron chi connectivity index (χ0n) is 10.2. The number of carboxylic acid groups (broad SMARTS) is 1. The number of aliphatic carboxylic acids is 1. The number of carboxylic acids is 1. The monoisotopic (exact) mass is 243 g/mol. The van der Waals surface area contributed by atoms with Gasteiger partial charge in [-0.1, -0.05) is 20.8 Å². The second-order valence-corrected chi connectivity index (χ2v) is 4.79. The van der Waals surface area contributed by atoms with Gasteiger partial charge in [-0.05, 0) is 23.8 Å². The number of allylic oxidation sites excluding steroid dienone is 1. The van der Waals surface area contributed by atoms with Crippen LogP contribution in [0.4, 0.5) is 4.39 Å². The number of carbonyl (C=O) groups excluding carboxylic acids is 2. The van der Waals surface area contributed by atoms with Crippen LogP contribution in [0.2, 0.25) is 0 Å². The number of halogens is 1. The summed E-state index contributed by atoms with van der Waals surface area (Å²) < 4.78 is 18.0. The van der Waals surface area contributed by atoms with Gasteiger partial charge in [-0.25, -0.2) is 4.79 Å². The Morgan fingerprint density at radius 2 is 2.06 bits per heavy atom. The van der Waals surface area contributed by atoms with E-state index in [0.29, 0.717) is 6.42 Å². The number of hydrogen-bond donors (Lipinski definition) is 0. The molecule has 0 radical (unpaired) electrons. The van der Waals surface area contributed by atoms with Gasteiger partial charge in [0, 0.05) is 11.9 Å². The van der Waals surface area contributed by atoms with Crippen molar-refractivity contribution < 1.29 is 23.8 Å². The lowest BCUT2D eigenvalue weighted by Gasteiger charge is -2.01. The summed E-state index contributed by atoms with van der Waals surface area (Å²) >= 11 is 0. The van der Waals surface area contributed by atoms with E-state index in [1.165, 1.54) is 0 Å². The van der Waals surface area contributed by atoms with Crippen LogP contribution in [0, 0.1) is 17.3 Å². The molecule has 0 amide bonds. The predicted molar refractivity (Wildman–Crippen MR) is 56.2 cm³/mol. The number of rotatable bonds is 5. The highest BCUT2D eigenvalue weighted by atomic mass is 19.1. The summed E-state index contributed by atoms with van der Waals surface area (Å²) in [6, 6.07) is 0. The maximum absolute atomic E-state index is 13.4. The van der Waals surface area contributed by atoms with Crippen molar-refractivity contribution in [1.82, 2.24) is 0 Å². The Labute approximate surface area is 99.5 Å².